The van der Waals surface area contributed by atoms with Crippen molar-refractivity contribution in [2.24, 2.45) is 5.92 Å². The molecular weight excluding hydrogens is 148 g/mol. The molecule has 0 bridgehead atoms. The lowest BCUT2D eigenvalue weighted by Crippen LogP contribution is -2.20. The lowest BCUT2D eigenvalue weighted by Gasteiger charge is -2.11. The van der Waals surface area contributed by atoms with Gasteiger partial charge in [-0.15, -0.1) is 0 Å². The molecule has 2 fully saturated rings. The second-order valence-corrected chi connectivity index (χ2v) is 2.83. The van der Waals surface area contributed by atoms with Crippen molar-refractivity contribution in [2.45, 2.75) is 18.8 Å². The summed E-state index contributed by atoms with van der Waals surface area (Å²) in [6.07, 6.45) is 0.127. The van der Waals surface area contributed by atoms with Crippen LogP contribution in [-0.2, 0) is 19.0 Å². The Hall–Kier alpha value is -0.610. The second kappa shape index (κ2) is 2.46. The van der Waals surface area contributed by atoms with Crippen LogP contribution < -0.4 is 0 Å². The van der Waals surface area contributed by atoms with E-state index in [1.54, 1.807) is 7.11 Å². The van der Waals surface area contributed by atoms with Crippen molar-refractivity contribution in [1.82, 2.24) is 0 Å². The van der Waals surface area contributed by atoms with Crippen molar-refractivity contribution >= 4 is 5.97 Å². The molecular formula is C7H10O4. The molecule has 0 aromatic rings. The minimum Gasteiger partial charge on any atom is -0.459 e. The highest BCUT2D eigenvalue weighted by Crippen LogP contribution is 2.33. The van der Waals surface area contributed by atoms with E-state index in [0.29, 0.717) is 13.0 Å². The van der Waals surface area contributed by atoms with Crippen LogP contribution in [0.2, 0.25) is 0 Å². The zero-order valence-electron chi connectivity index (χ0n) is 6.28. The Morgan fingerprint density at radius 3 is 3.18 bits per heavy atom. The Labute approximate surface area is 64.4 Å². The molecule has 11 heavy (non-hydrogen) atoms. The smallest absolute Gasteiger partial charge is 0.306 e. The van der Waals surface area contributed by atoms with Crippen LogP contribution in [0.25, 0.3) is 0 Å². The average Bonchev–Trinajstić information content (AvgIpc) is 2.45. The van der Waals surface area contributed by atoms with Gasteiger partial charge < -0.3 is 14.2 Å². The third-order valence-corrected chi connectivity index (χ3v) is 2.17. The van der Waals surface area contributed by atoms with Crippen molar-refractivity contribution in [1.29, 1.82) is 0 Å². The Bertz CT molecular complexity index is 179. The zero-order valence-corrected chi connectivity index (χ0v) is 6.28. The molecule has 2 aliphatic rings. The van der Waals surface area contributed by atoms with Gasteiger partial charge in [-0.3, -0.25) is 4.79 Å². The first kappa shape index (κ1) is 7.06. The summed E-state index contributed by atoms with van der Waals surface area (Å²) in [7, 11) is 1.58. The molecule has 62 valence electrons. The Kier molecular flexibility index (Phi) is 1.58. The van der Waals surface area contributed by atoms with Gasteiger partial charge in [0.15, 0.2) is 6.29 Å². The summed E-state index contributed by atoms with van der Waals surface area (Å²) in [4.78, 5) is 10.8. The van der Waals surface area contributed by atoms with Crippen molar-refractivity contribution in [3.63, 3.8) is 0 Å². The van der Waals surface area contributed by atoms with Gasteiger partial charge in [0, 0.05) is 7.11 Å². The van der Waals surface area contributed by atoms with E-state index in [4.69, 9.17) is 14.2 Å². The lowest BCUT2D eigenvalue weighted by molar-refractivity contribution is -0.146. The number of rotatable bonds is 1. The summed E-state index contributed by atoms with van der Waals surface area (Å²) in [5, 5.41) is 0. The van der Waals surface area contributed by atoms with Crippen LogP contribution in [0.5, 0.6) is 0 Å². The molecule has 0 aromatic heterocycles. The molecule has 4 nitrogen and oxygen atoms in total. The van der Waals surface area contributed by atoms with Gasteiger partial charge in [0.1, 0.15) is 6.10 Å². The minimum atomic E-state index is -0.244. The summed E-state index contributed by atoms with van der Waals surface area (Å²) >= 11 is 0. The van der Waals surface area contributed by atoms with Gasteiger partial charge in [0.05, 0.1) is 18.9 Å². The molecule has 2 heterocycles. The van der Waals surface area contributed by atoms with Gasteiger partial charge in [-0.1, -0.05) is 0 Å². The van der Waals surface area contributed by atoms with E-state index in [-0.39, 0.29) is 24.3 Å². The molecule has 1 unspecified atom stereocenters. The number of fused-ring (bicyclic) bond motifs is 1. The quantitative estimate of drug-likeness (QED) is 0.501. The van der Waals surface area contributed by atoms with Crippen LogP contribution in [0.4, 0.5) is 0 Å². The van der Waals surface area contributed by atoms with Crippen LogP contribution in [0.3, 0.4) is 0 Å². The number of methoxy groups -OCH3 is 1. The number of ether oxygens (including phenoxy) is 3. The predicted octanol–water partition coefficient (Wildman–Crippen LogP) is -0.0792. The third-order valence-electron chi connectivity index (χ3n) is 2.17. The molecule has 0 N–H and O–H groups in total. The van der Waals surface area contributed by atoms with Crippen LogP contribution in [-0.4, -0.2) is 32.1 Å². The Morgan fingerprint density at radius 2 is 2.45 bits per heavy atom. The number of carbonyl (C=O) groups is 1. The standard InChI is InChI=1S/C7H10O4/c1-9-7-4-2-6(8)11-5(4)3-10-7/h4-5,7H,2-3H2,1H3/t4-,5-,7?/m1/s1. The number of carbonyl (C=O) groups excluding carboxylic acids is 1. The maximum absolute atomic E-state index is 10.8. The first-order valence-corrected chi connectivity index (χ1v) is 3.65. The van der Waals surface area contributed by atoms with Gasteiger partial charge in [-0.05, 0) is 0 Å². The minimum absolute atomic E-state index is 0.0625. The maximum atomic E-state index is 10.8. The molecule has 4 heteroatoms. The first-order valence-electron chi connectivity index (χ1n) is 3.65. The normalized spacial score (nSPS) is 42.3. The van der Waals surface area contributed by atoms with E-state index < -0.39 is 0 Å². The fraction of sp³-hybridized carbons (Fsp3) is 0.857. The fourth-order valence-electron chi connectivity index (χ4n) is 1.61. The van der Waals surface area contributed by atoms with Gasteiger partial charge in [-0.2, -0.15) is 0 Å². The van der Waals surface area contributed by atoms with E-state index >= 15 is 0 Å². The molecule has 0 aromatic carbocycles. The van der Waals surface area contributed by atoms with E-state index in [0.717, 1.165) is 0 Å². The topological polar surface area (TPSA) is 44.8 Å². The number of hydrogen-bond donors (Lipinski definition) is 0. The summed E-state index contributed by atoms with van der Waals surface area (Å²) in [5.74, 6) is -0.0159. The summed E-state index contributed by atoms with van der Waals surface area (Å²) in [6.45, 7) is 0.481. The lowest BCUT2D eigenvalue weighted by atomic mass is 10.0. The van der Waals surface area contributed by atoms with Crippen LogP contribution >= 0.6 is 0 Å². The largest absolute Gasteiger partial charge is 0.459 e. The third kappa shape index (κ3) is 1.02. The molecule has 2 saturated heterocycles. The highest BCUT2D eigenvalue weighted by molar-refractivity contribution is 5.72. The summed E-state index contributed by atoms with van der Waals surface area (Å²) in [6, 6.07) is 0. The van der Waals surface area contributed by atoms with Crippen LogP contribution in [0, 0.1) is 5.92 Å². The van der Waals surface area contributed by atoms with Crippen molar-refractivity contribution in [3.8, 4) is 0 Å². The number of esters is 1. The van der Waals surface area contributed by atoms with Gasteiger partial charge in [0.2, 0.25) is 0 Å². The molecule has 0 radical (unpaired) electrons. The summed E-state index contributed by atoms with van der Waals surface area (Å²) < 4.78 is 15.2. The highest BCUT2D eigenvalue weighted by Gasteiger charge is 2.46. The molecule has 3 atom stereocenters. The van der Waals surface area contributed by atoms with E-state index in [1.165, 1.54) is 0 Å². The number of hydrogen-bond acceptors (Lipinski definition) is 4. The molecule has 2 aliphatic heterocycles. The zero-order chi connectivity index (χ0) is 7.84. The molecule has 2 rings (SSSR count). The van der Waals surface area contributed by atoms with Gasteiger partial charge in [-0.25, -0.2) is 0 Å². The molecule has 0 saturated carbocycles. The fourth-order valence-corrected chi connectivity index (χ4v) is 1.61. The van der Waals surface area contributed by atoms with E-state index in [9.17, 15) is 4.79 Å². The van der Waals surface area contributed by atoms with E-state index in [1.807, 2.05) is 0 Å². The monoisotopic (exact) mass is 158 g/mol. The predicted molar refractivity (Wildman–Crippen MR) is 34.7 cm³/mol. The maximum Gasteiger partial charge on any atom is 0.306 e. The average molecular weight is 158 g/mol. The Balaban J connectivity index is 2.07. The molecule has 0 aliphatic carbocycles. The first-order chi connectivity index (χ1) is 5.31. The van der Waals surface area contributed by atoms with Crippen LogP contribution in [0.15, 0.2) is 0 Å². The summed E-state index contributed by atoms with van der Waals surface area (Å²) in [5.41, 5.74) is 0. The van der Waals surface area contributed by atoms with Gasteiger partial charge in [0.25, 0.3) is 0 Å². The second-order valence-electron chi connectivity index (χ2n) is 2.83. The SMILES string of the molecule is COC1OC[C@H]2OC(=O)C[C@@H]12. The molecule has 0 amide bonds. The molecule has 0 spiro atoms. The van der Waals surface area contributed by atoms with E-state index in [2.05, 4.69) is 0 Å². The van der Waals surface area contributed by atoms with Crippen molar-refractivity contribution in [2.75, 3.05) is 13.7 Å². The Morgan fingerprint density at radius 1 is 1.64 bits per heavy atom. The van der Waals surface area contributed by atoms with Crippen molar-refractivity contribution < 1.29 is 19.0 Å². The van der Waals surface area contributed by atoms with Crippen molar-refractivity contribution in [3.05, 3.63) is 0 Å². The van der Waals surface area contributed by atoms with Gasteiger partial charge >= 0.3 is 5.97 Å². The highest BCUT2D eigenvalue weighted by atomic mass is 16.7. The van der Waals surface area contributed by atoms with Crippen LogP contribution in [0.1, 0.15) is 6.42 Å².